The van der Waals surface area contributed by atoms with Gasteiger partial charge >= 0.3 is 0 Å². The molecule has 15 heavy (non-hydrogen) atoms. The van der Waals surface area contributed by atoms with Crippen molar-refractivity contribution >= 4 is 12.4 Å². The minimum Gasteiger partial charge on any atom is -0.316 e. The summed E-state index contributed by atoms with van der Waals surface area (Å²) < 4.78 is 0. The van der Waals surface area contributed by atoms with Gasteiger partial charge in [0.1, 0.15) is 0 Å². The number of nitrogens with one attached hydrogen (secondary N) is 1. The lowest BCUT2D eigenvalue weighted by molar-refractivity contribution is 0.461. The Bertz CT molecular complexity index is 351. The number of rotatable bonds is 1. The van der Waals surface area contributed by atoms with Crippen LogP contribution in [0.1, 0.15) is 29.9 Å². The van der Waals surface area contributed by atoms with Crippen molar-refractivity contribution in [3.05, 3.63) is 35.4 Å². The second kappa shape index (κ2) is 5.75. The minimum atomic E-state index is 0. The predicted octanol–water partition coefficient (Wildman–Crippen LogP) is 2.45. The van der Waals surface area contributed by atoms with Gasteiger partial charge in [0.15, 0.2) is 0 Å². The van der Waals surface area contributed by atoms with Crippen molar-refractivity contribution < 1.29 is 0 Å². The van der Waals surface area contributed by atoms with Crippen molar-refractivity contribution in [3.63, 3.8) is 0 Å². The van der Waals surface area contributed by atoms with Crippen LogP contribution in [0.15, 0.2) is 24.3 Å². The molecule has 80 valence electrons. The van der Waals surface area contributed by atoms with Crippen LogP contribution in [-0.2, 0) is 0 Å². The molecular formula is C12H15ClN2. The maximum absolute atomic E-state index is 8.79. The van der Waals surface area contributed by atoms with Crippen molar-refractivity contribution in [2.45, 2.75) is 18.8 Å². The average Bonchev–Trinajstić information content (AvgIpc) is 2.30. The summed E-state index contributed by atoms with van der Waals surface area (Å²) in [5.74, 6) is 0.594. The SMILES string of the molecule is Cl.N#Cc1cccc(C2CCCNC2)c1. The monoisotopic (exact) mass is 222 g/mol. The van der Waals surface area contributed by atoms with E-state index in [4.69, 9.17) is 5.26 Å². The summed E-state index contributed by atoms with van der Waals surface area (Å²) >= 11 is 0. The lowest BCUT2D eigenvalue weighted by Gasteiger charge is -2.23. The highest BCUT2D eigenvalue weighted by molar-refractivity contribution is 5.85. The second-order valence-electron chi connectivity index (χ2n) is 3.78. The lowest BCUT2D eigenvalue weighted by Crippen LogP contribution is -2.28. The molecule has 0 saturated carbocycles. The highest BCUT2D eigenvalue weighted by Crippen LogP contribution is 2.23. The largest absolute Gasteiger partial charge is 0.316 e. The zero-order chi connectivity index (χ0) is 9.80. The first-order chi connectivity index (χ1) is 6.90. The fourth-order valence-electron chi connectivity index (χ4n) is 2.00. The molecule has 3 heteroatoms. The van der Waals surface area contributed by atoms with Crippen LogP contribution in [0, 0.1) is 11.3 Å². The molecule has 1 N–H and O–H groups in total. The molecule has 2 nitrogen and oxygen atoms in total. The third kappa shape index (κ3) is 2.95. The molecule has 1 aromatic rings. The van der Waals surface area contributed by atoms with Crippen LogP contribution in [-0.4, -0.2) is 13.1 Å². The molecular weight excluding hydrogens is 208 g/mol. The first kappa shape index (κ1) is 12.0. The molecule has 1 fully saturated rings. The number of nitrogens with zero attached hydrogens (tertiary/aromatic N) is 1. The zero-order valence-corrected chi connectivity index (χ0v) is 9.39. The van der Waals surface area contributed by atoms with Gasteiger partial charge in [-0.2, -0.15) is 5.26 Å². The molecule has 0 amide bonds. The van der Waals surface area contributed by atoms with E-state index in [1.165, 1.54) is 18.4 Å². The molecule has 2 rings (SSSR count). The van der Waals surface area contributed by atoms with Crippen LogP contribution >= 0.6 is 12.4 Å². The van der Waals surface area contributed by atoms with Crippen LogP contribution in [0.2, 0.25) is 0 Å². The minimum absolute atomic E-state index is 0. The van der Waals surface area contributed by atoms with Gasteiger partial charge < -0.3 is 5.32 Å². The summed E-state index contributed by atoms with van der Waals surface area (Å²) in [6.45, 7) is 2.18. The molecule has 0 spiro atoms. The van der Waals surface area contributed by atoms with Crippen molar-refractivity contribution in [1.82, 2.24) is 5.32 Å². The van der Waals surface area contributed by atoms with Gasteiger partial charge in [0, 0.05) is 6.54 Å². The molecule has 1 unspecified atom stereocenters. The molecule has 1 aliphatic rings. The van der Waals surface area contributed by atoms with E-state index in [0.29, 0.717) is 5.92 Å². The van der Waals surface area contributed by atoms with E-state index in [-0.39, 0.29) is 12.4 Å². The van der Waals surface area contributed by atoms with Gasteiger partial charge in [-0.1, -0.05) is 12.1 Å². The van der Waals surface area contributed by atoms with E-state index >= 15 is 0 Å². The standard InChI is InChI=1S/C12H14N2.ClH/c13-8-10-3-1-4-11(7-10)12-5-2-6-14-9-12;/h1,3-4,7,12,14H,2,5-6,9H2;1H. The Morgan fingerprint density at radius 2 is 2.27 bits per heavy atom. The Morgan fingerprint density at radius 3 is 2.93 bits per heavy atom. The molecule has 1 saturated heterocycles. The number of nitriles is 1. The van der Waals surface area contributed by atoms with Crippen LogP contribution in [0.25, 0.3) is 0 Å². The van der Waals surface area contributed by atoms with Crippen LogP contribution in [0.4, 0.5) is 0 Å². The van der Waals surface area contributed by atoms with Gasteiger partial charge in [0.25, 0.3) is 0 Å². The average molecular weight is 223 g/mol. The summed E-state index contributed by atoms with van der Waals surface area (Å²) in [5, 5.41) is 12.2. The van der Waals surface area contributed by atoms with Crippen LogP contribution < -0.4 is 5.32 Å². The van der Waals surface area contributed by atoms with Crippen molar-refractivity contribution in [3.8, 4) is 6.07 Å². The molecule has 1 aromatic carbocycles. The fourth-order valence-corrected chi connectivity index (χ4v) is 2.00. The Kier molecular flexibility index (Phi) is 4.61. The topological polar surface area (TPSA) is 35.8 Å². The van der Waals surface area contributed by atoms with E-state index < -0.39 is 0 Å². The van der Waals surface area contributed by atoms with E-state index in [1.807, 2.05) is 18.2 Å². The smallest absolute Gasteiger partial charge is 0.0991 e. The van der Waals surface area contributed by atoms with Gasteiger partial charge in [0.2, 0.25) is 0 Å². The Labute approximate surface area is 96.7 Å². The highest BCUT2D eigenvalue weighted by atomic mass is 35.5. The number of halogens is 1. The summed E-state index contributed by atoms with van der Waals surface area (Å²) in [7, 11) is 0. The molecule has 1 atom stereocenters. The lowest BCUT2D eigenvalue weighted by atomic mass is 9.91. The third-order valence-electron chi connectivity index (χ3n) is 2.78. The fraction of sp³-hybridized carbons (Fsp3) is 0.417. The maximum Gasteiger partial charge on any atom is 0.0991 e. The van der Waals surface area contributed by atoms with E-state index in [0.717, 1.165) is 18.7 Å². The Balaban J connectivity index is 0.00000112. The quantitative estimate of drug-likeness (QED) is 0.793. The molecule has 0 aromatic heterocycles. The second-order valence-corrected chi connectivity index (χ2v) is 3.78. The number of hydrogen-bond acceptors (Lipinski definition) is 2. The molecule has 0 radical (unpaired) electrons. The van der Waals surface area contributed by atoms with E-state index in [9.17, 15) is 0 Å². The van der Waals surface area contributed by atoms with Gasteiger partial charge in [-0.25, -0.2) is 0 Å². The zero-order valence-electron chi connectivity index (χ0n) is 8.57. The van der Waals surface area contributed by atoms with Crippen molar-refractivity contribution in [1.29, 1.82) is 5.26 Å². The summed E-state index contributed by atoms with van der Waals surface area (Å²) in [4.78, 5) is 0. The Morgan fingerprint density at radius 1 is 1.40 bits per heavy atom. The van der Waals surface area contributed by atoms with Gasteiger partial charge in [-0.15, -0.1) is 12.4 Å². The third-order valence-corrected chi connectivity index (χ3v) is 2.78. The molecule has 0 bridgehead atoms. The van der Waals surface area contributed by atoms with Crippen molar-refractivity contribution in [2.24, 2.45) is 0 Å². The maximum atomic E-state index is 8.79. The molecule has 1 aliphatic heterocycles. The van der Waals surface area contributed by atoms with Gasteiger partial charge in [-0.3, -0.25) is 0 Å². The highest BCUT2D eigenvalue weighted by Gasteiger charge is 2.14. The summed E-state index contributed by atoms with van der Waals surface area (Å²) in [6.07, 6.45) is 2.48. The normalized spacial score (nSPS) is 20.1. The summed E-state index contributed by atoms with van der Waals surface area (Å²) in [6, 6.07) is 10.2. The van der Waals surface area contributed by atoms with E-state index in [2.05, 4.69) is 17.5 Å². The predicted molar refractivity (Wildman–Crippen MR) is 63.2 cm³/mol. The molecule has 0 aliphatic carbocycles. The summed E-state index contributed by atoms with van der Waals surface area (Å²) in [5.41, 5.74) is 2.07. The first-order valence-electron chi connectivity index (χ1n) is 5.11. The number of hydrogen-bond donors (Lipinski definition) is 1. The Hall–Kier alpha value is -1.04. The van der Waals surface area contributed by atoms with Crippen LogP contribution in [0.5, 0.6) is 0 Å². The van der Waals surface area contributed by atoms with Crippen molar-refractivity contribution in [2.75, 3.05) is 13.1 Å². The first-order valence-corrected chi connectivity index (χ1v) is 5.11. The van der Waals surface area contributed by atoms with Gasteiger partial charge in [-0.05, 0) is 43.0 Å². The number of piperidine rings is 1. The van der Waals surface area contributed by atoms with E-state index in [1.54, 1.807) is 0 Å². The van der Waals surface area contributed by atoms with Crippen LogP contribution in [0.3, 0.4) is 0 Å². The van der Waals surface area contributed by atoms with Gasteiger partial charge in [0.05, 0.1) is 11.6 Å². The molecule has 1 heterocycles. The number of benzene rings is 1.